The van der Waals surface area contributed by atoms with Crippen LogP contribution in [0.4, 0.5) is 0 Å². The van der Waals surface area contributed by atoms with Crippen molar-refractivity contribution < 1.29 is 9.53 Å². The van der Waals surface area contributed by atoms with E-state index in [1.165, 1.54) is 33.0 Å². The van der Waals surface area contributed by atoms with Gasteiger partial charge in [0.25, 0.3) is 0 Å². The van der Waals surface area contributed by atoms with Crippen molar-refractivity contribution in [3.63, 3.8) is 0 Å². The zero-order chi connectivity index (χ0) is 9.52. The van der Waals surface area contributed by atoms with E-state index >= 15 is 0 Å². The van der Waals surface area contributed by atoms with Gasteiger partial charge < -0.3 is 15.0 Å². The van der Waals surface area contributed by atoms with Crippen molar-refractivity contribution in [2.45, 2.75) is 12.8 Å². The van der Waals surface area contributed by atoms with Gasteiger partial charge in [-0.05, 0) is 25.9 Å². The first-order valence-electron chi connectivity index (χ1n) is 4.81. The lowest BCUT2D eigenvalue weighted by Gasteiger charge is -2.14. The first-order chi connectivity index (χ1) is 6.33. The molecule has 1 saturated heterocycles. The van der Waals surface area contributed by atoms with Gasteiger partial charge in [0.1, 0.15) is 6.61 Å². The molecular formula is C9H19ClN2O2. The van der Waals surface area contributed by atoms with Gasteiger partial charge in [-0.2, -0.15) is 0 Å². The molecule has 0 saturated carbocycles. The Morgan fingerprint density at radius 3 is 2.64 bits per heavy atom. The molecule has 84 valence electrons. The maximum absolute atomic E-state index is 11.0. The number of carbonyl (C=O) groups is 1. The van der Waals surface area contributed by atoms with Crippen LogP contribution < -0.4 is 5.32 Å². The highest BCUT2D eigenvalue weighted by atomic mass is 35.5. The van der Waals surface area contributed by atoms with E-state index in [0.29, 0.717) is 0 Å². The molecule has 0 bridgehead atoms. The molecule has 1 heterocycles. The first kappa shape index (κ1) is 13.7. The Bertz CT molecular complexity index is 161. The van der Waals surface area contributed by atoms with Crippen molar-refractivity contribution in [2.24, 2.45) is 0 Å². The molecule has 0 unspecified atom stereocenters. The highest BCUT2D eigenvalue weighted by Crippen LogP contribution is 2.05. The maximum Gasteiger partial charge on any atom is 0.246 e. The van der Waals surface area contributed by atoms with E-state index in [1.807, 2.05) is 0 Å². The highest BCUT2D eigenvalue weighted by molar-refractivity contribution is 5.85. The third-order valence-corrected chi connectivity index (χ3v) is 2.22. The second kappa shape index (κ2) is 8.03. The molecule has 0 aromatic heterocycles. The van der Waals surface area contributed by atoms with Crippen LogP contribution in [0.1, 0.15) is 12.8 Å². The minimum atomic E-state index is -0.0262. The van der Waals surface area contributed by atoms with Gasteiger partial charge in [-0.3, -0.25) is 4.79 Å². The molecule has 1 aliphatic rings. The zero-order valence-electron chi connectivity index (χ0n) is 8.62. The van der Waals surface area contributed by atoms with E-state index in [1.54, 1.807) is 0 Å². The van der Waals surface area contributed by atoms with Crippen LogP contribution in [-0.4, -0.2) is 50.7 Å². The topological polar surface area (TPSA) is 41.6 Å². The molecule has 14 heavy (non-hydrogen) atoms. The van der Waals surface area contributed by atoms with E-state index in [9.17, 15) is 4.79 Å². The number of nitrogens with one attached hydrogen (secondary N) is 1. The predicted molar refractivity (Wildman–Crippen MR) is 57.8 cm³/mol. The van der Waals surface area contributed by atoms with Gasteiger partial charge in [0, 0.05) is 20.2 Å². The molecule has 0 atom stereocenters. The van der Waals surface area contributed by atoms with E-state index < -0.39 is 0 Å². The number of halogens is 1. The first-order valence-corrected chi connectivity index (χ1v) is 4.81. The largest absolute Gasteiger partial charge is 0.375 e. The molecule has 0 aromatic rings. The number of ether oxygens (including phenoxy) is 1. The number of methoxy groups -OCH3 is 1. The molecular weight excluding hydrogens is 204 g/mol. The van der Waals surface area contributed by atoms with E-state index in [2.05, 4.69) is 10.2 Å². The standard InChI is InChI=1S/C9H18N2O2.ClH/c1-13-8-9(12)10-4-7-11-5-2-3-6-11;/h2-8H2,1H3,(H,10,12);1H. The second-order valence-electron chi connectivity index (χ2n) is 3.33. The summed E-state index contributed by atoms with van der Waals surface area (Å²) in [6, 6.07) is 0. The summed E-state index contributed by atoms with van der Waals surface area (Å²) in [5, 5.41) is 2.80. The summed E-state index contributed by atoms with van der Waals surface area (Å²) < 4.78 is 4.70. The SMILES string of the molecule is COCC(=O)NCCN1CCCC1.Cl. The molecule has 0 aromatic carbocycles. The van der Waals surface area contributed by atoms with E-state index in [0.717, 1.165) is 13.1 Å². The number of amides is 1. The molecule has 0 aliphatic carbocycles. The Morgan fingerprint density at radius 1 is 1.43 bits per heavy atom. The van der Waals surface area contributed by atoms with Crippen molar-refractivity contribution in [1.29, 1.82) is 0 Å². The quantitative estimate of drug-likeness (QED) is 0.726. The van der Waals surface area contributed by atoms with Gasteiger partial charge in [-0.15, -0.1) is 12.4 Å². The van der Waals surface area contributed by atoms with Gasteiger partial charge in [0.15, 0.2) is 0 Å². The smallest absolute Gasteiger partial charge is 0.246 e. The Labute approximate surface area is 91.4 Å². The van der Waals surface area contributed by atoms with Crippen LogP contribution >= 0.6 is 12.4 Å². The van der Waals surface area contributed by atoms with Gasteiger partial charge in [-0.25, -0.2) is 0 Å². The lowest BCUT2D eigenvalue weighted by atomic mass is 10.4. The molecule has 1 fully saturated rings. The number of carbonyl (C=O) groups excluding carboxylic acids is 1. The molecule has 0 radical (unpaired) electrons. The Morgan fingerprint density at radius 2 is 2.07 bits per heavy atom. The molecule has 1 rings (SSSR count). The van der Waals surface area contributed by atoms with Crippen molar-refractivity contribution >= 4 is 18.3 Å². The number of nitrogens with zero attached hydrogens (tertiary/aromatic N) is 1. The van der Waals surface area contributed by atoms with Gasteiger partial charge in [0.05, 0.1) is 0 Å². The monoisotopic (exact) mass is 222 g/mol. The fourth-order valence-corrected chi connectivity index (χ4v) is 1.54. The van der Waals surface area contributed by atoms with Crippen molar-refractivity contribution in [3.05, 3.63) is 0 Å². The fraction of sp³-hybridized carbons (Fsp3) is 0.889. The van der Waals surface area contributed by atoms with Crippen LogP contribution in [0, 0.1) is 0 Å². The van der Waals surface area contributed by atoms with Crippen LogP contribution in [0.25, 0.3) is 0 Å². The summed E-state index contributed by atoms with van der Waals surface area (Å²) >= 11 is 0. The predicted octanol–water partition coefficient (Wildman–Crippen LogP) is 0.267. The summed E-state index contributed by atoms with van der Waals surface area (Å²) in [5.41, 5.74) is 0. The van der Waals surface area contributed by atoms with Gasteiger partial charge >= 0.3 is 0 Å². The average Bonchev–Trinajstić information content (AvgIpc) is 2.57. The average molecular weight is 223 g/mol. The number of rotatable bonds is 5. The van der Waals surface area contributed by atoms with Crippen LogP contribution in [0.5, 0.6) is 0 Å². The zero-order valence-corrected chi connectivity index (χ0v) is 9.44. The Hall–Kier alpha value is -0.320. The summed E-state index contributed by atoms with van der Waals surface area (Å²) in [4.78, 5) is 13.3. The van der Waals surface area contributed by atoms with E-state index in [4.69, 9.17) is 4.74 Å². The Balaban J connectivity index is 0.00000169. The second-order valence-corrected chi connectivity index (χ2v) is 3.33. The van der Waals surface area contributed by atoms with Crippen LogP contribution in [-0.2, 0) is 9.53 Å². The molecule has 0 spiro atoms. The molecule has 4 nitrogen and oxygen atoms in total. The number of likely N-dealkylation sites (tertiary alicyclic amines) is 1. The van der Waals surface area contributed by atoms with Crippen LogP contribution in [0.3, 0.4) is 0 Å². The van der Waals surface area contributed by atoms with Crippen molar-refractivity contribution in [2.75, 3.05) is 39.9 Å². The van der Waals surface area contributed by atoms with Crippen molar-refractivity contribution in [1.82, 2.24) is 10.2 Å². The third kappa shape index (κ3) is 5.42. The summed E-state index contributed by atoms with van der Waals surface area (Å²) in [5.74, 6) is -0.0262. The normalized spacial score (nSPS) is 16.4. The van der Waals surface area contributed by atoms with Crippen molar-refractivity contribution in [3.8, 4) is 0 Å². The minimum absolute atomic E-state index is 0. The lowest BCUT2D eigenvalue weighted by Crippen LogP contribution is -2.35. The van der Waals surface area contributed by atoms with Crippen LogP contribution in [0.2, 0.25) is 0 Å². The maximum atomic E-state index is 11.0. The minimum Gasteiger partial charge on any atom is -0.375 e. The highest BCUT2D eigenvalue weighted by Gasteiger charge is 2.10. The molecule has 1 N–H and O–H groups in total. The lowest BCUT2D eigenvalue weighted by molar-refractivity contribution is -0.124. The van der Waals surface area contributed by atoms with E-state index in [-0.39, 0.29) is 24.9 Å². The summed E-state index contributed by atoms with van der Waals surface area (Å²) in [7, 11) is 1.53. The molecule has 1 amide bonds. The third-order valence-electron chi connectivity index (χ3n) is 2.22. The summed E-state index contributed by atoms with van der Waals surface area (Å²) in [6.45, 7) is 4.23. The summed E-state index contributed by atoms with van der Waals surface area (Å²) in [6.07, 6.45) is 2.60. The number of hydrogen-bond acceptors (Lipinski definition) is 3. The van der Waals surface area contributed by atoms with Gasteiger partial charge in [-0.1, -0.05) is 0 Å². The Kier molecular flexibility index (Phi) is 7.84. The molecule has 1 aliphatic heterocycles. The fourth-order valence-electron chi connectivity index (χ4n) is 1.54. The molecule has 5 heteroatoms. The van der Waals surface area contributed by atoms with Crippen LogP contribution in [0.15, 0.2) is 0 Å². The number of hydrogen-bond donors (Lipinski definition) is 1. The van der Waals surface area contributed by atoms with Gasteiger partial charge in [0.2, 0.25) is 5.91 Å².